The molecule has 26 heavy (non-hydrogen) atoms. The van der Waals surface area contributed by atoms with Crippen LogP contribution in [-0.2, 0) is 16.1 Å². The molecule has 2 aromatic rings. The normalized spacial score (nSPS) is 21.2. The van der Waals surface area contributed by atoms with Crippen molar-refractivity contribution in [2.45, 2.75) is 31.8 Å². The van der Waals surface area contributed by atoms with E-state index in [4.69, 9.17) is 9.15 Å². The van der Waals surface area contributed by atoms with Gasteiger partial charge in [0.15, 0.2) is 0 Å². The molecule has 1 atom stereocenters. The highest BCUT2D eigenvalue weighted by Gasteiger charge is 2.29. The fourth-order valence-electron chi connectivity index (χ4n) is 3.93. The Morgan fingerprint density at radius 3 is 2.73 bits per heavy atom. The SMILES string of the molecule is O=C(C[C@H]1COCCN1Cc1ccccc1-c1ccco1)N1CCCC1. The fraction of sp³-hybridized carbons (Fsp3) is 0.476. The second-order valence-corrected chi connectivity index (χ2v) is 7.13. The van der Waals surface area contributed by atoms with Crippen molar-refractivity contribution in [2.24, 2.45) is 0 Å². The van der Waals surface area contributed by atoms with Crippen molar-refractivity contribution in [3.05, 3.63) is 48.2 Å². The number of ether oxygens (including phenoxy) is 1. The molecule has 0 bridgehead atoms. The predicted molar refractivity (Wildman–Crippen MR) is 99.6 cm³/mol. The maximum absolute atomic E-state index is 12.6. The summed E-state index contributed by atoms with van der Waals surface area (Å²) in [5.41, 5.74) is 2.34. The van der Waals surface area contributed by atoms with Crippen LogP contribution in [0.1, 0.15) is 24.8 Å². The lowest BCUT2D eigenvalue weighted by atomic mass is 10.0. The number of hydrogen-bond acceptors (Lipinski definition) is 4. The molecule has 2 aliphatic heterocycles. The minimum absolute atomic E-state index is 0.140. The Morgan fingerprint density at radius 1 is 1.08 bits per heavy atom. The molecule has 0 aliphatic carbocycles. The van der Waals surface area contributed by atoms with E-state index in [1.54, 1.807) is 6.26 Å². The summed E-state index contributed by atoms with van der Waals surface area (Å²) in [7, 11) is 0. The Bertz CT molecular complexity index is 723. The summed E-state index contributed by atoms with van der Waals surface area (Å²) in [6.07, 6.45) is 4.52. The predicted octanol–water partition coefficient (Wildman–Crippen LogP) is 3.16. The summed E-state index contributed by atoms with van der Waals surface area (Å²) >= 11 is 0. The van der Waals surface area contributed by atoms with Gasteiger partial charge in [0.25, 0.3) is 0 Å². The number of nitrogens with zero attached hydrogens (tertiary/aromatic N) is 2. The van der Waals surface area contributed by atoms with Crippen molar-refractivity contribution in [2.75, 3.05) is 32.8 Å². The number of morpholine rings is 1. The zero-order chi connectivity index (χ0) is 17.8. The number of likely N-dealkylation sites (tertiary alicyclic amines) is 1. The van der Waals surface area contributed by atoms with E-state index >= 15 is 0 Å². The molecule has 4 rings (SSSR count). The first-order valence-electron chi connectivity index (χ1n) is 9.52. The van der Waals surface area contributed by atoms with Crippen LogP contribution in [0, 0.1) is 0 Å². The van der Waals surface area contributed by atoms with Crippen molar-refractivity contribution in [1.82, 2.24) is 9.80 Å². The first kappa shape index (κ1) is 17.3. The number of rotatable bonds is 5. The molecule has 0 radical (unpaired) electrons. The van der Waals surface area contributed by atoms with E-state index in [1.807, 2.05) is 23.1 Å². The molecule has 1 amide bonds. The van der Waals surface area contributed by atoms with Crippen LogP contribution in [0.5, 0.6) is 0 Å². The molecule has 2 aliphatic rings. The van der Waals surface area contributed by atoms with Gasteiger partial charge in [-0.05, 0) is 30.5 Å². The third kappa shape index (κ3) is 3.84. The van der Waals surface area contributed by atoms with Crippen LogP contribution in [-0.4, -0.2) is 54.6 Å². The van der Waals surface area contributed by atoms with Crippen LogP contribution in [0.3, 0.4) is 0 Å². The van der Waals surface area contributed by atoms with Gasteiger partial charge in [0, 0.05) is 44.2 Å². The van der Waals surface area contributed by atoms with E-state index in [1.165, 1.54) is 5.56 Å². The van der Waals surface area contributed by atoms with Gasteiger partial charge in [-0.25, -0.2) is 0 Å². The van der Waals surface area contributed by atoms with Crippen LogP contribution >= 0.6 is 0 Å². The second kappa shape index (κ2) is 8.06. The second-order valence-electron chi connectivity index (χ2n) is 7.13. The van der Waals surface area contributed by atoms with Crippen molar-refractivity contribution in [3.8, 4) is 11.3 Å². The number of benzene rings is 1. The van der Waals surface area contributed by atoms with Crippen molar-refractivity contribution in [3.63, 3.8) is 0 Å². The lowest BCUT2D eigenvalue weighted by molar-refractivity contribution is -0.133. The summed E-state index contributed by atoms with van der Waals surface area (Å²) in [5, 5.41) is 0. The van der Waals surface area contributed by atoms with Crippen LogP contribution in [0.2, 0.25) is 0 Å². The standard InChI is InChI=1S/C21H26N2O3/c24-21(22-9-3-4-10-22)14-18-16-25-13-11-23(18)15-17-6-1-2-7-19(17)20-8-5-12-26-20/h1-2,5-8,12,18H,3-4,9-11,13-16H2/t18-/m0/s1. The molecule has 2 fully saturated rings. The zero-order valence-electron chi connectivity index (χ0n) is 15.1. The molecule has 1 aromatic carbocycles. The third-order valence-electron chi connectivity index (χ3n) is 5.40. The summed E-state index contributed by atoms with van der Waals surface area (Å²) < 4.78 is 11.3. The molecule has 2 saturated heterocycles. The highest BCUT2D eigenvalue weighted by molar-refractivity contribution is 5.77. The average Bonchev–Trinajstić information content (AvgIpc) is 3.38. The van der Waals surface area contributed by atoms with Gasteiger partial charge in [0.05, 0.1) is 19.5 Å². The summed E-state index contributed by atoms with van der Waals surface area (Å²) in [4.78, 5) is 17.0. The van der Waals surface area contributed by atoms with Gasteiger partial charge < -0.3 is 14.1 Å². The molecule has 3 heterocycles. The minimum Gasteiger partial charge on any atom is -0.464 e. The average molecular weight is 354 g/mol. The van der Waals surface area contributed by atoms with Gasteiger partial charge in [0.1, 0.15) is 5.76 Å². The molecule has 1 aromatic heterocycles. The topological polar surface area (TPSA) is 45.9 Å². The van der Waals surface area contributed by atoms with E-state index < -0.39 is 0 Å². The van der Waals surface area contributed by atoms with Crippen molar-refractivity contribution in [1.29, 1.82) is 0 Å². The van der Waals surface area contributed by atoms with E-state index in [-0.39, 0.29) is 11.9 Å². The van der Waals surface area contributed by atoms with Gasteiger partial charge >= 0.3 is 0 Å². The molecule has 0 N–H and O–H groups in total. The molecule has 0 unspecified atom stereocenters. The first-order chi connectivity index (χ1) is 12.8. The maximum atomic E-state index is 12.6. The number of carbonyl (C=O) groups excluding carboxylic acids is 1. The quantitative estimate of drug-likeness (QED) is 0.827. The molecular weight excluding hydrogens is 328 g/mol. The highest BCUT2D eigenvalue weighted by atomic mass is 16.5. The zero-order valence-corrected chi connectivity index (χ0v) is 15.1. The smallest absolute Gasteiger partial charge is 0.224 e. The Labute approximate surface area is 154 Å². The maximum Gasteiger partial charge on any atom is 0.224 e. The lowest BCUT2D eigenvalue weighted by Gasteiger charge is -2.36. The minimum atomic E-state index is 0.140. The Balaban J connectivity index is 1.48. The molecule has 5 heteroatoms. The van der Waals surface area contributed by atoms with Gasteiger partial charge in [0.2, 0.25) is 5.91 Å². The lowest BCUT2D eigenvalue weighted by Crippen LogP contribution is -2.47. The Hall–Kier alpha value is -2.11. The number of amides is 1. The largest absolute Gasteiger partial charge is 0.464 e. The van der Waals surface area contributed by atoms with Crippen molar-refractivity contribution < 1.29 is 13.9 Å². The Morgan fingerprint density at radius 2 is 1.92 bits per heavy atom. The van der Waals surface area contributed by atoms with E-state index in [0.29, 0.717) is 13.0 Å². The van der Waals surface area contributed by atoms with Gasteiger partial charge in [-0.2, -0.15) is 0 Å². The number of furan rings is 1. The van der Waals surface area contributed by atoms with Gasteiger partial charge in [-0.15, -0.1) is 0 Å². The van der Waals surface area contributed by atoms with Gasteiger partial charge in [-0.1, -0.05) is 24.3 Å². The fourth-order valence-corrected chi connectivity index (χ4v) is 3.93. The molecule has 5 nitrogen and oxygen atoms in total. The summed E-state index contributed by atoms with van der Waals surface area (Å²) in [5.74, 6) is 1.15. The van der Waals surface area contributed by atoms with Crippen LogP contribution in [0.4, 0.5) is 0 Å². The molecule has 0 saturated carbocycles. The van der Waals surface area contributed by atoms with E-state index in [2.05, 4.69) is 23.1 Å². The van der Waals surface area contributed by atoms with Crippen LogP contribution < -0.4 is 0 Å². The first-order valence-corrected chi connectivity index (χ1v) is 9.52. The van der Waals surface area contributed by atoms with Crippen LogP contribution in [0.15, 0.2) is 47.1 Å². The van der Waals surface area contributed by atoms with E-state index in [0.717, 1.165) is 57.0 Å². The summed E-state index contributed by atoms with van der Waals surface area (Å²) in [6.45, 7) is 4.82. The molecular formula is C21H26N2O3. The monoisotopic (exact) mass is 354 g/mol. The summed E-state index contributed by atoms with van der Waals surface area (Å²) in [6, 6.07) is 12.4. The van der Waals surface area contributed by atoms with Gasteiger partial charge in [-0.3, -0.25) is 9.69 Å². The molecule has 138 valence electrons. The van der Waals surface area contributed by atoms with Crippen LogP contribution in [0.25, 0.3) is 11.3 Å². The third-order valence-corrected chi connectivity index (χ3v) is 5.40. The number of hydrogen-bond donors (Lipinski definition) is 0. The molecule has 0 spiro atoms. The van der Waals surface area contributed by atoms with Crippen molar-refractivity contribution >= 4 is 5.91 Å². The van der Waals surface area contributed by atoms with E-state index in [9.17, 15) is 4.79 Å². The highest BCUT2D eigenvalue weighted by Crippen LogP contribution is 2.27. The number of carbonyl (C=O) groups is 1. The Kier molecular flexibility index (Phi) is 5.37.